The molecule has 0 bridgehead atoms. The molecule has 1 fully saturated rings. The molecule has 1 aliphatic rings. The summed E-state index contributed by atoms with van der Waals surface area (Å²) >= 11 is 0. The van der Waals surface area contributed by atoms with E-state index >= 15 is 0 Å². The zero-order valence-electron chi connectivity index (χ0n) is 9.90. The quantitative estimate of drug-likeness (QED) is 0.867. The molecule has 1 heterocycles. The molecule has 0 atom stereocenters. The van der Waals surface area contributed by atoms with Gasteiger partial charge < -0.3 is 14.8 Å². The van der Waals surface area contributed by atoms with Gasteiger partial charge in [-0.3, -0.25) is 0 Å². The van der Waals surface area contributed by atoms with Crippen LogP contribution in [0.2, 0.25) is 0 Å². The van der Waals surface area contributed by atoms with Gasteiger partial charge in [0, 0.05) is 31.7 Å². The molecule has 1 aliphatic heterocycles. The largest absolute Gasteiger partial charge is 0.497 e. The number of benzene rings is 1. The summed E-state index contributed by atoms with van der Waals surface area (Å²) in [5.41, 5.74) is 0.446. The fourth-order valence-corrected chi connectivity index (χ4v) is 1.94. The van der Waals surface area contributed by atoms with Crippen LogP contribution in [0.25, 0.3) is 0 Å². The molecule has 0 aliphatic carbocycles. The minimum absolute atomic E-state index is 0.493. The minimum atomic E-state index is -0.493. The van der Waals surface area contributed by atoms with E-state index in [-0.39, 0.29) is 0 Å². The molecule has 0 aromatic heterocycles. The van der Waals surface area contributed by atoms with Crippen molar-refractivity contribution in [2.75, 3.05) is 25.6 Å². The van der Waals surface area contributed by atoms with Gasteiger partial charge in [-0.1, -0.05) is 0 Å². The van der Waals surface area contributed by atoms with Crippen molar-refractivity contribution in [2.24, 2.45) is 0 Å². The lowest BCUT2D eigenvalue weighted by molar-refractivity contribution is 0.0753. The van der Waals surface area contributed by atoms with Crippen LogP contribution >= 0.6 is 0 Å². The Labute approximate surface area is 101 Å². The zero-order chi connectivity index (χ0) is 12.1. The van der Waals surface area contributed by atoms with E-state index < -0.39 is 5.54 Å². The Morgan fingerprint density at radius 3 is 2.47 bits per heavy atom. The Kier molecular flexibility index (Phi) is 3.50. The van der Waals surface area contributed by atoms with Gasteiger partial charge in [0.15, 0.2) is 0 Å². The highest BCUT2D eigenvalue weighted by Gasteiger charge is 2.32. The summed E-state index contributed by atoms with van der Waals surface area (Å²) in [5, 5.41) is 12.6. The number of rotatable bonds is 3. The fraction of sp³-hybridized carbons (Fsp3) is 0.462. The third kappa shape index (κ3) is 2.69. The topological polar surface area (TPSA) is 54.3 Å². The van der Waals surface area contributed by atoms with Gasteiger partial charge in [0.2, 0.25) is 0 Å². The highest BCUT2D eigenvalue weighted by molar-refractivity contribution is 5.50. The molecule has 4 heteroatoms. The maximum atomic E-state index is 9.31. The van der Waals surface area contributed by atoms with Crippen molar-refractivity contribution in [1.82, 2.24) is 0 Å². The Balaban J connectivity index is 2.10. The summed E-state index contributed by atoms with van der Waals surface area (Å²) in [6, 6.07) is 9.98. The lowest BCUT2D eigenvalue weighted by Gasteiger charge is -2.32. The predicted molar refractivity (Wildman–Crippen MR) is 65.0 cm³/mol. The molecule has 1 saturated heterocycles. The highest BCUT2D eigenvalue weighted by atomic mass is 16.5. The smallest absolute Gasteiger partial charge is 0.129 e. The number of hydrogen-bond acceptors (Lipinski definition) is 4. The summed E-state index contributed by atoms with van der Waals surface area (Å²) in [7, 11) is 1.64. The maximum Gasteiger partial charge on any atom is 0.129 e. The van der Waals surface area contributed by atoms with Gasteiger partial charge >= 0.3 is 0 Å². The molecule has 4 nitrogen and oxygen atoms in total. The molecule has 0 unspecified atom stereocenters. The normalized spacial score (nSPS) is 18.1. The van der Waals surface area contributed by atoms with E-state index in [0.717, 1.165) is 24.3 Å². The number of nitrogens with zero attached hydrogens (tertiary/aromatic N) is 1. The molecule has 0 saturated carbocycles. The first kappa shape index (κ1) is 11.7. The average Bonchev–Trinajstić information content (AvgIpc) is 2.41. The Morgan fingerprint density at radius 2 is 1.94 bits per heavy atom. The molecule has 0 amide bonds. The van der Waals surface area contributed by atoms with Crippen LogP contribution in [0.15, 0.2) is 24.3 Å². The zero-order valence-corrected chi connectivity index (χ0v) is 9.90. The summed E-state index contributed by atoms with van der Waals surface area (Å²) in [6.07, 6.45) is 1.44. The summed E-state index contributed by atoms with van der Waals surface area (Å²) < 4.78 is 10.4. The number of nitriles is 1. The Morgan fingerprint density at radius 1 is 1.29 bits per heavy atom. The van der Waals surface area contributed by atoms with Crippen molar-refractivity contribution >= 4 is 5.69 Å². The van der Waals surface area contributed by atoms with Crippen LogP contribution in [0, 0.1) is 11.3 Å². The molecule has 1 aromatic carbocycles. The molecular weight excluding hydrogens is 216 g/mol. The van der Waals surface area contributed by atoms with Gasteiger partial charge in [-0.25, -0.2) is 0 Å². The Hall–Kier alpha value is -1.73. The van der Waals surface area contributed by atoms with Crippen LogP contribution in [-0.2, 0) is 4.74 Å². The second-order valence-electron chi connectivity index (χ2n) is 4.16. The first-order chi connectivity index (χ1) is 8.28. The fourth-order valence-electron chi connectivity index (χ4n) is 1.94. The number of hydrogen-bond donors (Lipinski definition) is 1. The average molecular weight is 232 g/mol. The first-order valence-corrected chi connectivity index (χ1v) is 5.69. The van der Waals surface area contributed by atoms with Crippen molar-refractivity contribution in [3.63, 3.8) is 0 Å². The van der Waals surface area contributed by atoms with Crippen LogP contribution in [0.5, 0.6) is 5.75 Å². The summed E-state index contributed by atoms with van der Waals surface area (Å²) in [4.78, 5) is 0. The maximum absolute atomic E-state index is 9.31. The van der Waals surface area contributed by atoms with E-state index in [0.29, 0.717) is 13.2 Å². The number of ether oxygens (including phenoxy) is 2. The van der Waals surface area contributed by atoms with E-state index in [1.54, 1.807) is 7.11 Å². The second kappa shape index (κ2) is 5.07. The van der Waals surface area contributed by atoms with E-state index in [1.807, 2.05) is 24.3 Å². The van der Waals surface area contributed by atoms with E-state index in [2.05, 4.69) is 11.4 Å². The third-order valence-electron chi connectivity index (χ3n) is 3.03. The van der Waals surface area contributed by atoms with Crippen LogP contribution < -0.4 is 10.1 Å². The molecule has 17 heavy (non-hydrogen) atoms. The lowest BCUT2D eigenvalue weighted by atomic mass is 9.91. The molecule has 1 N–H and O–H groups in total. The molecular formula is C13H16N2O2. The van der Waals surface area contributed by atoms with E-state index in [4.69, 9.17) is 9.47 Å². The minimum Gasteiger partial charge on any atom is -0.497 e. The number of methoxy groups -OCH3 is 1. The van der Waals surface area contributed by atoms with Gasteiger partial charge in [-0.05, 0) is 24.3 Å². The van der Waals surface area contributed by atoms with Crippen LogP contribution in [-0.4, -0.2) is 25.9 Å². The van der Waals surface area contributed by atoms with Gasteiger partial charge in [0.05, 0.1) is 13.2 Å². The molecule has 1 aromatic rings. The van der Waals surface area contributed by atoms with Gasteiger partial charge in [-0.2, -0.15) is 5.26 Å². The number of anilines is 1. The highest BCUT2D eigenvalue weighted by Crippen LogP contribution is 2.26. The van der Waals surface area contributed by atoms with Crippen molar-refractivity contribution in [2.45, 2.75) is 18.4 Å². The second-order valence-corrected chi connectivity index (χ2v) is 4.16. The molecule has 90 valence electrons. The summed E-state index contributed by atoms with van der Waals surface area (Å²) in [5.74, 6) is 0.813. The summed E-state index contributed by atoms with van der Waals surface area (Å²) in [6.45, 7) is 1.27. The Bertz CT molecular complexity index is 402. The van der Waals surface area contributed by atoms with Gasteiger partial charge in [-0.15, -0.1) is 0 Å². The van der Waals surface area contributed by atoms with Crippen LogP contribution in [0.3, 0.4) is 0 Å². The molecule has 0 radical (unpaired) electrons. The predicted octanol–water partition coefficient (Wildman–Crippen LogP) is 2.18. The standard InChI is InChI=1S/C13H16N2O2/c1-16-12-4-2-11(3-5-12)15-13(10-14)6-8-17-9-7-13/h2-5,15H,6-9H2,1H3. The van der Waals surface area contributed by atoms with Crippen LogP contribution in [0.4, 0.5) is 5.69 Å². The SMILES string of the molecule is COc1ccc(NC2(C#N)CCOCC2)cc1. The van der Waals surface area contributed by atoms with Crippen molar-refractivity contribution in [3.05, 3.63) is 24.3 Å². The molecule has 0 spiro atoms. The van der Waals surface area contributed by atoms with E-state index in [9.17, 15) is 5.26 Å². The van der Waals surface area contributed by atoms with Crippen molar-refractivity contribution < 1.29 is 9.47 Å². The van der Waals surface area contributed by atoms with Gasteiger partial charge in [0.25, 0.3) is 0 Å². The van der Waals surface area contributed by atoms with Crippen LogP contribution in [0.1, 0.15) is 12.8 Å². The van der Waals surface area contributed by atoms with Crippen molar-refractivity contribution in [1.29, 1.82) is 5.26 Å². The number of nitrogens with one attached hydrogen (secondary N) is 1. The monoisotopic (exact) mass is 232 g/mol. The first-order valence-electron chi connectivity index (χ1n) is 5.69. The lowest BCUT2D eigenvalue weighted by Crippen LogP contribution is -2.42. The van der Waals surface area contributed by atoms with Gasteiger partial charge in [0.1, 0.15) is 11.3 Å². The van der Waals surface area contributed by atoms with E-state index in [1.165, 1.54) is 0 Å². The third-order valence-corrected chi connectivity index (χ3v) is 3.03. The van der Waals surface area contributed by atoms with Crippen molar-refractivity contribution in [3.8, 4) is 11.8 Å². The molecule has 2 rings (SSSR count).